The molecule has 1 N–H and O–H groups in total. The molecule has 98 valence electrons. The summed E-state index contributed by atoms with van der Waals surface area (Å²) in [4.78, 5) is 11.3. The van der Waals surface area contributed by atoms with E-state index in [2.05, 4.69) is 11.2 Å². The summed E-state index contributed by atoms with van der Waals surface area (Å²) in [7, 11) is 0. The second-order valence-corrected chi connectivity index (χ2v) is 4.97. The molecule has 3 rings (SSSR count). The maximum atomic E-state index is 11.3. The van der Waals surface area contributed by atoms with Gasteiger partial charge in [0.15, 0.2) is 5.76 Å². The highest BCUT2D eigenvalue weighted by molar-refractivity contribution is 5.95. The summed E-state index contributed by atoms with van der Waals surface area (Å²) in [6.07, 6.45) is 4.58. The molecule has 0 saturated carbocycles. The molecule has 1 aliphatic carbocycles. The van der Waals surface area contributed by atoms with E-state index in [0.717, 1.165) is 18.4 Å². The monoisotopic (exact) mass is 257 g/mol. The molecule has 0 spiro atoms. The van der Waals surface area contributed by atoms with Crippen molar-refractivity contribution in [2.24, 2.45) is 0 Å². The quantitative estimate of drug-likeness (QED) is 0.897. The van der Waals surface area contributed by atoms with Gasteiger partial charge in [-0.1, -0.05) is 17.3 Å². The van der Waals surface area contributed by atoms with Crippen LogP contribution >= 0.6 is 0 Å². The molecule has 1 aliphatic rings. The van der Waals surface area contributed by atoms with Gasteiger partial charge in [-0.25, -0.2) is 4.79 Å². The highest BCUT2D eigenvalue weighted by atomic mass is 16.5. The van der Waals surface area contributed by atoms with Gasteiger partial charge in [0.1, 0.15) is 5.56 Å². The Balaban J connectivity index is 2.10. The van der Waals surface area contributed by atoms with E-state index in [9.17, 15) is 9.90 Å². The standard InChI is InChI=1S/C15H15NO3/c1-9-13(15(17)18)14(19-16-9)12-7-6-10-4-2-3-5-11(10)8-12/h6-8H,2-5H2,1H3,(H,17,18). The maximum Gasteiger partial charge on any atom is 0.341 e. The summed E-state index contributed by atoms with van der Waals surface area (Å²) in [5, 5.41) is 13.0. The minimum Gasteiger partial charge on any atom is -0.477 e. The predicted octanol–water partition coefficient (Wildman–Crippen LogP) is 3.23. The van der Waals surface area contributed by atoms with Crippen molar-refractivity contribution >= 4 is 5.97 Å². The summed E-state index contributed by atoms with van der Waals surface area (Å²) in [5.41, 5.74) is 4.05. The fraction of sp³-hybridized carbons (Fsp3) is 0.333. The summed E-state index contributed by atoms with van der Waals surface area (Å²) in [5.74, 6) is -0.634. The van der Waals surface area contributed by atoms with Crippen molar-refractivity contribution in [1.82, 2.24) is 5.16 Å². The van der Waals surface area contributed by atoms with Crippen molar-refractivity contribution in [1.29, 1.82) is 0 Å². The van der Waals surface area contributed by atoms with E-state index >= 15 is 0 Å². The summed E-state index contributed by atoms with van der Waals surface area (Å²) >= 11 is 0. The lowest BCUT2D eigenvalue weighted by molar-refractivity contribution is 0.0696. The third kappa shape index (κ3) is 2.03. The molecule has 0 radical (unpaired) electrons. The van der Waals surface area contributed by atoms with Gasteiger partial charge in [-0.2, -0.15) is 0 Å². The molecule has 0 atom stereocenters. The molecular weight excluding hydrogens is 242 g/mol. The van der Waals surface area contributed by atoms with Gasteiger partial charge in [0, 0.05) is 5.56 Å². The number of aryl methyl sites for hydroxylation is 3. The van der Waals surface area contributed by atoms with Crippen LogP contribution < -0.4 is 0 Å². The summed E-state index contributed by atoms with van der Waals surface area (Å²) in [6.45, 7) is 1.65. The topological polar surface area (TPSA) is 63.3 Å². The lowest BCUT2D eigenvalue weighted by Gasteiger charge is -2.15. The predicted molar refractivity (Wildman–Crippen MR) is 70.3 cm³/mol. The Morgan fingerprint density at radius 3 is 2.74 bits per heavy atom. The molecule has 1 aromatic carbocycles. The van der Waals surface area contributed by atoms with Crippen molar-refractivity contribution in [2.45, 2.75) is 32.6 Å². The van der Waals surface area contributed by atoms with E-state index in [1.807, 2.05) is 12.1 Å². The molecule has 0 fully saturated rings. The third-order valence-electron chi connectivity index (χ3n) is 3.69. The average Bonchev–Trinajstić information content (AvgIpc) is 2.80. The number of aromatic nitrogens is 1. The Hall–Kier alpha value is -2.10. The Labute approximate surface area is 111 Å². The zero-order valence-electron chi connectivity index (χ0n) is 10.8. The molecule has 1 heterocycles. The van der Waals surface area contributed by atoms with Crippen LogP contribution in [0.5, 0.6) is 0 Å². The first kappa shape index (κ1) is 12.0. The highest BCUT2D eigenvalue weighted by Crippen LogP contribution is 2.30. The first-order valence-corrected chi connectivity index (χ1v) is 6.48. The number of rotatable bonds is 2. The van der Waals surface area contributed by atoms with Gasteiger partial charge in [0.05, 0.1) is 5.69 Å². The van der Waals surface area contributed by atoms with E-state index in [4.69, 9.17) is 4.52 Å². The SMILES string of the molecule is Cc1noc(-c2ccc3c(c2)CCCC3)c1C(=O)O. The molecule has 0 unspecified atom stereocenters. The molecular formula is C15H15NO3. The van der Waals surface area contributed by atoms with Crippen molar-refractivity contribution in [3.05, 3.63) is 40.6 Å². The molecule has 1 aromatic heterocycles. The van der Waals surface area contributed by atoms with Crippen molar-refractivity contribution in [3.63, 3.8) is 0 Å². The molecule has 4 heteroatoms. The van der Waals surface area contributed by atoms with Crippen LogP contribution in [0, 0.1) is 6.92 Å². The minimum absolute atomic E-state index is 0.163. The normalized spacial score (nSPS) is 14.2. The zero-order chi connectivity index (χ0) is 13.4. The molecule has 0 bridgehead atoms. The van der Waals surface area contributed by atoms with Crippen molar-refractivity contribution < 1.29 is 14.4 Å². The van der Waals surface area contributed by atoms with Crippen LogP contribution in [-0.4, -0.2) is 16.2 Å². The minimum atomic E-state index is -0.994. The molecule has 0 saturated heterocycles. The number of carboxylic acids is 1. The van der Waals surface area contributed by atoms with Gasteiger partial charge >= 0.3 is 5.97 Å². The van der Waals surface area contributed by atoms with Gasteiger partial charge in [-0.3, -0.25) is 0 Å². The van der Waals surface area contributed by atoms with Crippen molar-refractivity contribution in [3.8, 4) is 11.3 Å². The van der Waals surface area contributed by atoms with Crippen LogP contribution in [0.4, 0.5) is 0 Å². The Morgan fingerprint density at radius 1 is 1.26 bits per heavy atom. The van der Waals surface area contributed by atoms with E-state index < -0.39 is 5.97 Å². The number of benzene rings is 1. The van der Waals surface area contributed by atoms with Crippen LogP contribution in [0.2, 0.25) is 0 Å². The van der Waals surface area contributed by atoms with Crippen LogP contribution in [0.25, 0.3) is 11.3 Å². The Morgan fingerprint density at radius 2 is 2.00 bits per heavy atom. The van der Waals surface area contributed by atoms with Gasteiger partial charge in [-0.15, -0.1) is 0 Å². The largest absolute Gasteiger partial charge is 0.477 e. The first-order valence-electron chi connectivity index (χ1n) is 6.48. The van der Waals surface area contributed by atoms with Crippen LogP contribution in [0.15, 0.2) is 22.7 Å². The number of carboxylic acid groups (broad SMARTS) is 1. The molecule has 19 heavy (non-hydrogen) atoms. The van der Waals surface area contributed by atoms with Gasteiger partial charge < -0.3 is 9.63 Å². The number of hydrogen-bond donors (Lipinski definition) is 1. The number of fused-ring (bicyclic) bond motifs is 1. The van der Waals surface area contributed by atoms with Gasteiger partial charge in [-0.05, 0) is 49.8 Å². The molecule has 0 amide bonds. The van der Waals surface area contributed by atoms with Crippen LogP contribution in [0.3, 0.4) is 0 Å². The number of carbonyl (C=O) groups is 1. The lowest BCUT2D eigenvalue weighted by Crippen LogP contribution is -2.03. The second kappa shape index (κ2) is 4.53. The van der Waals surface area contributed by atoms with Crippen LogP contribution in [-0.2, 0) is 12.8 Å². The Bertz CT molecular complexity index is 643. The second-order valence-electron chi connectivity index (χ2n) is 4.97. The van der Waals surface area contributed by atoms with Crippen molar-refractivity contribution in [2.75, 3.05) is 0 Å². The number of hydrogen-bond acceptors (Lipinski definition) is 3. The average molecular weight is 257 g/mol. The Kier molecular flexibility index (Phi) is 2.85. The third-order valence-corrected chi connectivity index (χ3v) is 3.69. The first-order chi connectivity index (χ1) is 9.16. The summed E-state index contributed by atoms with van der Waals surface area (Å²) in [6, 6.07) is 6.05. The zero-order valence-corrected chi connectivity index (χ0v) is 10.8. The molecule has 0 aliphatic heterocycles. The number of aromatic carboxylic acids is 1. The van der Waals surface area contributed by atoms with E-state index in [1.54, 1.807) is 6.92 Å². The highest BCUT2D eigenvalue weighted by Gasteiger charge is 2.22. The lowest BCUT2D eigenvalue weighted by atomic mass is 9.89. The fourth-order valence-corrected chi connectivity index (χ4v) is 2.69. The molecule has 4 nitrogen and oxygen atoms in total. The van der Waals surface area contributed by atoms with E-state index in [-0.39, 0.29) is 5.56 Å². The van der Waals surface area contributed by atoms with E-state index in [0.29, 0.717) is 11.5 Å². The van der Waals surface area contributed by atoms with E-state index in [1.165, 1.54) is 24.0 Å². The summed E-state index contributed by atoms with van der Waals surface area (Å²) < 4.78 is 5.20. The van der Waals surface area contributed by atoms with Crippen LogP contribution in [0.1, 0.15) is 40.0 Å². The van der Waals surface area contributed by atoms with Gasteiger partial charge in [0.25, 0.3) is 0 Å². The van der Waals surface area contributed by atoms with Gasteiger partial charge in [0.2, 0.25) is 0 Å². The maximum absolute atomic E-state index is 11.3. The fourth-order valence-electron chi connectivity index (χ4n) is 2.69. The molecule has 2 aromatic rings. The smallest absolute Gasteiger partial charge is 0.341 e. The number of nitrogens with zero attached hydrogens (tertiary/aromatic N) is 1.